The van der Waals surface area contributed by atoms with Crippen LogP contribution >= 0.6 is 0 Å². The largest absolute Gasteiger partial charge is 0.465 e. The Balaban J connectivity index is 2.66. The van der Waals surface area contributed by atoms with E-state index in [1.54, 1.807) is 6.92 Å². The van der Waals surface area contributed by atoms with E-state index in [1.165, 1.54) is 0 Å². The Hall–Kier alpha value is -0.900. The van der Waals surface area contributed by atoms with Crippen LogP contribution in [0.4, 0.5) is 0 Å². The topological polar surface area (TPSA) is 46.6 Å². The first-order chi connectivity index (χ1) is 6.56. The van der Waals surface area contributed by atoms with Gasteiger partial charge in [0.15, 0.2) is 5.78 Å². The minimum Gasteiger partial charge on any atom is -0.465 e. The van der Waals surface area contributed by atoms with Gasteiger partial charge in [-0.15, -0.1) is 0 Å². The number of rotatable bonds is 2. The molecule has 0 aromatic heterocycles. The number of nitrogens with zero attached hydrogens (tertiary/aromatic N) is 1. The third kappa shape index (κ3) is 2.32. The number of esters is 1. The molecule has 2 unspecified atom stereocenters. The van der Waals surface area contributed by atoms with E-state index >= 15 is 0 Å². The van der Waals surface area contributed by atoms with E-state index in [4.69, 9.17) is 4.74 Å². The van der Waals surface area contributed by atoms with E-state index in [0.717, 1.165) is 6.54 Å². The van der Waals surface area contributed by atoms with Gasteiger partial charge in [0, 0.05) is 19.0 Å². The number of hydrogen-bond donors (Lipinski definition) is 0. The lowest BCUT2D eigenvalue weighted by Gasteiger charge is -2.31. The molecule has 0 amide bonds. The molecule has 80 valence electrons. The standard InChI is InChI=1S/C10H17NO3/c1-4-14-10(13)8-6-11(3)5-7(2)9(8)12/h7-8H,4-6H2,1-3H3. The molecular weight excluding hydrogens is 182 g/mol. The van der Waals surface area contributed by atoms with Gasteiger partial charge in [-0.1, -0.05) is 6.92 Å². The third-order valence-electron chi connectivity index (χ3n) is 2.48. The zero-order valence-corrected chi connectivity index (χ0v) is 8.95. The summed E-state index contributed by atoms with van der Waals surface area (Å²) in [5.41, 5.74) is 0. The fraction of sp³-hybridized carbons (Fsp3) is 0.800. The molecule has 1 rings (SSSR count). The summed E-state index contributed by atoms with van der Waals surface area (Å²) < 4.78 is 4.86. The van der Waals surface area contributed by atoms with Crippen LogP contribution in [0.1, 0.15) is 13.8 Å². The zero-order chi connectivity index (χ0) is 10.7. The Bertz CT molecular complexity index is 240. The summed E-state index contributed by atoms with van der Waals surface area (Å²) in [6, 6.07) is 0. The van der Waals surface area contributed by atoms with E-state index in [-0.39, 0.29) is 17.7 Å². The van der Waals surface area contributed by atoms with Crippen LogP contribution in [0.15, 0.2) is 0 Å². The van der Waals surface area contributed by atoms with Crippen molar-refractivity contribution in [2.45, 2.75) is 13.8 Å². The Morgan fingerprint density at radius 2 is 2.21 bits per heavy atom. The molecule has 1 aliphatic heterocycles. The third-order valence-corrected chi connectivity index (χ3v) is 2.48. The van der Waals surface area contributed by atoms with Crippen LogP contribution < -0.4 is 0 Å². The van der Waals surface area contributed by atoms with Crippen molar-refractivity contribution in [3.8, 4) is 0 Å². The molecule has 0 bridgehead atoms. The van der Waals surface area contributed by atoms with E-state index in [2.05, 4.69) is 0 Å². The molecule has 1 fully saturated rings. The van der Waals surface area contributed by atoms with Crippen molar-refractivity contribution in [2.75, 3.05) is 26.7 Å². The maximum atomic E-state index is 11.7. The molecule has 0 radical (unpaired) electrons. The second-order valence-electron chi connectivity index (χ2n) is 3.83. The fourth-order valence-corrected chi connectivity index (χ4v) is 1.81. The van der Waals surface area contributed by atoms with Crippen molar-refractivity contribution < 1.29 is 14.3 Å². The molecule has 4 heteroatoms. The minimum atomic E-state index is -0.580. The molecule has 1 heterocycles. The average molecular weight is 199 g/mol. The highest BCUT2D eigenvalue weighted by atomic mass is 16.5. The van der Waals surface area contributed by atoms with E-state index < -0.39 is 5.92 Å². The van der Waals surface area contributed by atoms with Crippen LogP contribution in [-0.4, -0.2) is 43.4 Å². The molecule has 0 spiro atoms. The Kier molecular flexibility index (Phi) is 3.63. The van der Waals surface area contributed by atoms with Gasteiger partial charge in [0.25, 0.3) is 0 Å². The zero-order valence-electron chi connectivity index (χ0n) is 8.95. The first-order valence-electron chi connectivity index (χ1n) is 4.95. The predicted molar refractivity (Wildman–Crippen MR) is 51.8 cm³/mol. The van der Waals surface area contributed by atoms with Gasteiger partial charge in [0.2, 0.25) is 0 Å². The van der Waals surface area contributed by atoms with Crippen LogP contribution in [0.3, 0.4) is 0 Å². The monoisotopic (exact) mass is 199 g/mol. The molecular formula is C10H17NO3. The maximum absolute atomic E-state index is 11.7. The normalized spacial score (nSPS) is 28.9. The number of hydrogen-bond acceptors (Lipinski definition) is 4. The lowest BCUT2D eigenvalue weighted by atomic mass is 9.89. The summed E-state index contributed by atoms with van der Waals surface area (Å²) in [6.45, 7) is 5.15. The summed E-state index contributed by atoms with van der Waals surface area (Å²) >= 11 is 0. The van der Waals surface area contributed by atoms with Crippen molar-refractivity contribution in [2.24, 2.45) is 11.8 Å². The lowest BCUT2D eigenvalue weighted by molar-refractivity contribution is -0.155. The SMILES string of the molecule is CCOC(=O)C1CN(C)CC(C)C1=O. The first-order valence-corrected chi connectivity index (χ1v) is 4.95. The van der Waals surface area contributed by atoms with Gasteiger partial charge in [-0.2, -0.15) is 0 Å². The Labute approximate surface area is 84.2 Å². The van der Waals surface area contributed by atoms with E-state index in [9.17, 15) is 9.59 Å². The van der Waals surface area contributed by atoms with Gasteiger partial charge in [0.1, 0.15) is 5.92 Å². The van der Waals surface area contributed by atoms with Gasteiger partial charge >= 0.3 is 5.97 Å². The summed E-state index contributed by atoms with van der Waals surface area (Å²) in [5.74, 6) is -1.01. The lowest BCUT2D eigenvalue weighted by Crippen LogP contribution is -2.47. The highest BCUT2D eigenvalue weighted by Crippen LogP contribution is 2.17. The summed E-state index contributed by atoms with van der Waals surface area (Å²) in [5, 5.41) is 0. The maximum Gasteiger partial charge on any atom is 0.317 e. The molecule has 0 aromatic rings. The highest BCUT2D eigenvalue weighted by Gasteiger charge is 2.36. The van der Waals surface area contributed by atoms with Crippen molar-refractivity contribution in [1.29, 1.82) is 0 Å². The van der Waals surface area contributed by atoms with E-state index in [0.29, 0.717) is 13.2 Å². The second-order valence-corrected chi connectivity index (χ2v) is 3.83. The minimum absolute atomic E-state index is 0.0153. The Morgan fingerprint density at radius 3 is 2.79 bits per heavy atom. The number of ketones is 1. The van der Waals surface area contributed by atoms with Gasteiger partial charge in [-0.25, -0.2) is 0 Å². The van der Waals surface area contributed by atoms with Crippen molar-refractivity contribution >= 4 is 11.8 Å². The fourth-order valence-electron chi connectivity index (χ4n) is 1.81. The second kappa shape index (κ2) is 4.55. The van der Waals surface area contributed by atoms with Gasteiger partial charge in [0.05, 0.1) is 6.61 Å². The molecule has 0 aliphatic carbocycles. The highest BCUT2D eigenvalue weighted by molar-refractivity contribution is 6.00. The summed E-state index contributed by atoms with van der Waals surface area (Å²) in [4.78, 5) is 25.1. The average Bonchev–Trinajstić information content (AvgIpc) is 2.11. The molecule has 1 saturated heterocycles. The van der Waals surface area contributed by atoms with Crippen LogP contribution in [0.5, 0.6) is 0 Å². The number of ether oxygens (including phenoxy) is 1. The number of piperidine rings is 1. The molecule has 0 N–H and O–H groups in total. The predicted octanol–water partition coefficient (Wildman–Crippen LogP) is 0.316. The first kappa shape index (κ1) is 11.2. The summed E-state index contributed by atoms with van der Waals surface area (Å²) in [7, 11) is 1.91. The molecule has 0 aromatic carbocycles. The van der Waals surface area contributed by atoms with Gasteiger partial charge in [-0.3, -0.25) is 9.59 Å². The quantitative estimate of drug-likeness (QED) is 0.474. The molecule has 0 saturated carbocycles. The number of carbonyl (C=O) groups excluding carboxylic acids is 2. The van der Waals surface area contributed by atoms with Crippen LogP contribution in [0, 0.1) is 11.8 Å². The van der Waals surface area contributed by atoms with Gasteiger partial charge < -0.3 is 9.64 Å². The van der Waals surface area contributed by atoms with Crippen LogP contribution in [0.25, 0.3) is 0 Å². The number of Topliss-reactive ketones (excluding diaryl/α,β-unsaturated/α-hetero) is 1. The number of carbonyl (C=O) groups is 2. The Morgan fingerprint density at radius 1 is 1.57 bits per heavy atom. The molecule has 1 aliphatic rings. The number of likely N-dealkylation sites (tertiary alicyclic amines) is 1. The molecule has 2 atom stereocenters. The van der Waals surface area contributed by atoms with Crippen molar-refractivity contribution in [1.82, 2.24) is 4.90 Å². The molecule has 14 heavy (non-hydrogen) atoms. The smallest absolute Gasteiger partial charge is 0.317 e. The van der Waals surface area contributed by atoms with Crippen molar-refractivity contribution in [3.63, 3.8) is 0 Å². The molecule has 4 nitrogen and oxygen atoms in total. The van der Waals surface area contributed by atoms with Crippen molar-refractivity contribution in [3.05, 3.63) is 0 Å². The van der Waals surface area contributed by atoms with Gasteiger partial charge in [-0.05, 0) is 14.0 Å². The van der Waals surface area contributed by atoms with E-state index in [1.807, 2.05) is 18.9 Å². The van der Waals surface area contributed by atoms with Crippen LogP contribution in [-0.2, 0) is 14.3 Å². The summed E-state index contributed by atoms with van der Waals surface area (Å²) in [6.07, 6.45) is 0. The van der Waals surface area contributed by atoms with Crippen LogP contribution in [0.2, 0.25) is 0 Å².